The number of pyridine rings is 1. The summed E-state index contributed by atoms with van der Waals surface area (Å²) in [7, 11) is 0. The average molecular weight is 266 g/mol. The second kappa shape index (κ2) is 6.29. The zero-order chi connectivity index (χ0) is 14.5. The van der Waals surface area contributed by atoms with E-state index in [4.69, 9.17) is 10.2 Å². The van der Waals surface area contributed by atoms with Gasteiger partial charge < -0.3 is 15.5 Å². The number of hydrogen-bond acceptors (Lipinski definition) is 4. The molecular formula is C13H18N2O4. The summed E-state index contributed by atoms with van der Waals surface area (Å²) in [5.74, 6) is -2.31. The summed E-state index contributed by atoms with van der Waals surface area (Å²) < 4.78 is 0. The van der Waals surface area contributed by atoms with E-state index >= 15 is 0 Å². The van der Waals surface area contributed by atoms with Crippen molar-refractivity contribution in [1.82, 2.24) is 10.3 Å². The molecule has 0 saturated carbocycles. The van der Waals surface area contributed by atoms with Crippen LogP contribution < -0.4 is 5.32 Å². The van der Waals surface area contributed by atoms with Crippen LogP contribution in [0.2, 0.25) is 0 Å². The average Bonchev–Trinajstić information content (AvgIpc) is 2.35. The maximum absolute atomic E-state index is 10.9. The number of carboxylic acid groups (broad SMARTS) is 2. The molecule has 6 heteroatoms. The highest BCUT2D eigenvalue weighted by Crippen LogP contribution is 2.19. The number of nitrogens with one attached hydrogen (secondary N) is 1. The number of hydrogen-bond donors (Lipinski definition) is 3. The Morgan fingerprint density at radius 1 is 1.37 bits per heavy atom. The second-order valence-corrected chi connectivity index (χ2v) is 4.97. The van der Waals surface area contributed by atoms with Crippen molar-refractivity contribution in [2.75, 3.05) is 6.54 Å². The van der Waals surface area contributed by atoms with Crippen LogP contribution in [0.25, 0.3) is 0 Å². The molecule has 0 fully saturated rings. The molecule has 0 spiro atoms. The first kappa shape index (κ1) is 15.1. The Labute approximate surface area is 111 Å². The third kappa shape index (κ3) is 4.67. The molecule has 1 unspecified atom stereocenters. The third-order valence-electron chi connectivity index (χ3n) is 2.83. The van der Waals surface area contributed by atoms with Crippen LogP contribution in [0.5, 0.6) is 0 Å². The quantitative estimate of drug-likeness (QED) is 0.677. The van der Waals surface area contributed by atoms with Crippen LogP contribution in [-0.2, 0) is 15.0 Å². The van der Waals surface area contributed by atoms with Crippen molar-refractivity contribution >= 4 is 11.9 Å². The van der Waals surface area contributed by atoms with E-state index in [0.717, 1.165) is 5.69 Å². The summed E-state index contributed by atoms with van der Waals surface area (Å²) in [4.78, 5) is 25.8. The van der Waals surface area contributed by atoms with Crippen LogP contribution in [-0.4, -0.2) is 39.7 Å². The molecule has 1 aromatic rings. The van der Waals surface area contributed by atoms with E-state index in [2.05, 4.69) is 10.3 Å². The Morgan fingerprint density at radius 3 is 2.53 bits per heavy atom. The summed E-state index contributed by atoms with van der Waals surface area (Å²) in [5.41, 5.74) is 0.440. The van der Waals surface area contributed by atoms with E-state index in [1.165, 1.54) is 0 Å². The molecule has 0 aliphatic heterocycles. The summed E-state index contributed by atoms with van der Waals surface area (Å²) in [6.07, 6.45) is 1.22. The van der Waals surface area contributed by atoms with E-state index in [0.29, 0.717) is 6.54 Å². The van der Waals surface area contributed by atoms with Gasteiger partial charge in [0.15, 0.2) is 0 Å². The fourth-order valence-corrected chi connectivity index (χ4v) is 1.65. The van der Waals surface area contributed by atoms with Crippen LogP contribution in [0, 0.1) is 0 Å². The number of nitrogens with zero attached hydrogens (tertiary/aromatic N) is 1. The monoisotopic (exact) mass is 266 g/mol. The van der Waals surface area contributed by atoms with E-state index in [-0.39, 0.29) is 5.41 Å². The first-order valence-electron chi connectivity index (χ1n) is 5.92. The summed E-state index contributed by atoms with van der Waals surface area (Å²) in [6, 6.07) is 4.42. The normalized spacial score (nSPS) is 12.9. The molecule has 3 N–H and O–H groups in total. The number of aromatic nitrogens is 1. The van der Waals surface area contributed by atoms with Crippen LogP contribution in [0.1, 0.15) is 26.0 Å². The summed E-state index contributed by atoms with van der Waals surface area (Å²) in [5, 5.41) is 20.4. The molecule has 1 aromatic heterocycles. The van der Waals surface area contributed by atoms with E-state index in [9.17, 15) is 9.59 Å². The molecule has 1 rings (SSSR count). The zero-order valence-electron chi connectivity index (χ0n) is 11.0. The minimum Gasteiger partial charge on any atom is -0.481 e. The minimum atomic E-state index is -1.17. The lowest BCUT2D eigenvalue weighted by atomic mass is 9.88. The topological polar surface area (TPSA) is 99.5 Å². The van der Waals surface area contributed by atoms with Gasteiger partial charge in [-0.15, -0.1) is 0 Å². The van der Waals surface area contributed by atoms with Gasteiger partial charge in [-0.25, -0.2) is 0 Å². The van der Waals surface area contributed by atoms with Gasteiger partial charge >= 0.3 is 11.9 Å². The Bertz CT molecular complexity index is 445. The molecule has 0 aromatic carbocycles. The smallest absolute Gasteiger partial charge is 0.321 e. The van der Waals surface area contributed by atoms with E-state index < -0.39 is 24.4 Å². The molecule has 0 amide bonds. The fraction of sp³-hybridized carbons (Fsp3) is 0.462. The van der Waals surface area contributed by atoms with Gasteiger partial charge in [-0.05, 0) is 12.1 Å². The summed E-state index contributed by atoms with van der Waals surface area (Å²) >= 11 is 0. The van der Waals surface area contributed by atoms with Crippen molar-refractivity contribution in [1.29, 1.82) is 0 Å². The van der Waals surface area contributed by atoms with Crippen molar-refractivity contribution in [2.24, 2.45) is 0 Å². The fourth-order valence-electron chi connectivity index (χ4n) is 1.65. The highest BCUT2D eigenvalue weighted by molar-refractivity contribution is 5.80. The second-order valence-electron chi connectivity index (χ2n) is 4.97. The van der Waals surface area contributed by atoms with E-state index in [1.54, 1.807) is 12.3 Å². The molecule has 19 heavy (non-hydrogen) atoms. The van der Waals surface area contributed by atoms with Crippen LogP contribution in [0.4, 0.5) is 0 Å². The van der Waals surface area contributed by atoms with Crippen molar-refractivity contribution in [3.8, 4) is 0 Å². The van der Waals surface area contributed by atoms with Gasteiger partial charge in [-0.2, -0.15) is 0 Å². The number of rotatable bonds is 7. The minimum absolute atomic E-state index is 0.328. The number of carbonyl (C=O) groups is 2. The van der Waals surface area contributed by atoms with Crippen LogP contribution in [0.15, 0.2) is 24.4 Å². The van der Waals surface area contributed by atoms with Gasteiger partial charge in [0, 0.05) is 23.9 Å². The Kier molecular flexibility index (Phi) is 5.00. The largest absolute Gasteiger partial charge is 0.481 e. The Morgan fingerprint density at radius 2 is 2.05 bits per heavy atom. The Balaban J connectivity index is 2.68. The number of aliphatic carboxylic acids is 2. The molecule has 1 atom stereocenters. The molecular weight excluding hydrogens is 248 g/mol. The molecule has 104 valence electrons. The number of carboxylic acids is 2. The van der Waals surface area contributed by atoms with Crippen molar-refractivity contribution in [3.05, 3.63) is 30.1 Å². The lowest BCUT2D eigenvalue weighted by molar-refractivity contribution is -0.146. The zero-order valence-corrected chi connectivity index (χ0v) is 11.0. The molecule has 0 bridgehead atoms. The lowest BCUT2D eigenvalue weighted by Gasteiger charge is -2.26. The highest BCUT2D eigenvalue weighted by Gasteiger charge is 2.26. The predicted octanol–water partition coefficient (Wildman–Crippen LogP) is 0.877. The van der Waals surface area contributed by atoms with Gasteiger partial charge in [-0.1, -0.05) is 19.9 Å². The van der Waals surface area contributed by atoms with Crippen molar-refractivity contribution in [3.63, 3.8) is 0 Å². The maximum Gasteiger partial charge on any atom is 0.321 e. The van der Waals surface area contributed by atoms with Crippen molar-refractivity contribution < 1.29 is 19.8 Å². The third-order valence-corrected chi connectivity index (χ3v) is 2.83. The molecule has 6 nitrogen and oxygen atoms in total. The first-order valence-corrected chi connectivity index (χ1v) is 5.92. The van der Waals surface area contributed by atoms with Gasteiger partial charge in [0.2, 0.25) is 0 Å². The van der Waals surface area contributed by atoms with Crippen LogP contribution in [0.3, 0.4) is 0 Å². The lowest BCUT2D eigenvalue weighted by Crippen LogP contribution is -2.44. The highest BCUT2D eigenvalue weighted by atomic mass is 16.4. The predicted molar refractivity (Wildman–Crippen MR) is 68.9 cm³/mol. The van der Waals surface area contributed by atoms with Gasteiger partial charge in [0.25, 0.3) is 0 Å². The first-order chi connectivity index (χ1) is 8.83. The molecule has 0 radical (unpaired) electrons. The molecule has 0 aliphatic rings. The SMILES string of the molecule is CC(C)(CNC(CC(=O)O)C(=O)O)c1ccccn1. The summed E-state index contributed by atoms with van der Waals surface area (Å²) in [6.45, 7) is 4.16. The maximum atomic E-state index is 10.9. The molecule has 1 heterocycles. The standard InChI is InChI=1S/C13H18N2O4/c1-13(2,10-5-3-4-6-14-10)8-15-9(12(18)19)7-11(16)17/h3-6,9,15H,7-8H2,1-2H3,(H,16,17)(H,18,19). The van der Waals surface area contributed by atoms with Gasteiger partial charge in [0.05, 0.1) is 6.42 Å². The Hall–Kier alpha value is -1.95. The van der Waals surface area contributed by atoms with E-state index in [1.807, 2.05) is 26.0 Å². The molecule has 0 saturated heterocycles. The van der Waals surface area contributed by atoms with Crippen LogP contribution >= 0.6 is 0 Å². The molecule has 0 aliphatic carbocycles. The van der Waals surface area contributed by atoms with Crippen molar-refractivity contribution in [2.45, 2.75) is 31.7 Å². The van der Waals surface area contributed by atoms with Gasteiger partial charge in [0.1, 0.15) is 6.04 Å². The van der Waals surface area contributed by atoms with Gasteiger partial charge in [-0.3, -0.25) is 14.6 Å².